The number of rotatable bonds is 1. The number of nitrogens with zero attached hydrogens (tertiary/aromatic N) is 2. The van der Waals surface area contributed by atoms with E-state index in [-0.39, 0.29) is 5.78 Å². The van der Waals surface area contributed by atoms with Gasteiger partial charge >= 0.3 is 0 Å². The molecule has 0 atom stereocenters. The standard InChI is InChI=1S/C11H11ClN2O/c1-6(15)8-4-10-11(5-9(8)12)14(3)7(2)13-10/h4-5H,1-3H3. The average molecular weight is 223 g/mol. The highest BCUT2D eigenvalue weighted by molar-refractivity contribution is 6.34. The second kappa shape index (κ2) is 3.35. The van der Waals surface area contributed by atoms with Crippen LogP contribution in [0.4, 0.5) is 0 Å². The Bertz CT molecular complexity index is 557. The highest BCUT2D eigenvalue weighted by Crippen LogP contribution is 2.24. The molecule has 0 aliphatic heterocycles. The predicted octanol–water partition coefficient (Wildman–Crippen LogP) is 2.74. The van der Waals surface area contributed by atoms with Crippen LogP contribution in [0.1, 0.15) is 23.1 Å². The van der Waals surface area contributed by atoms with Gasteiger partial charge in [0.2, 0.25) is 0 Å². The topological polar surface area (TPSA) is 34.9 Å². The highest BCUT2D eigenvalue weighted by Gasteiger charge is 2.11. The maximum atomic E-state index is 11.3. The molecular formula is C11H11ClN2O. The Labute approximate surface area is 92.7 Å². The first-order valence-electron chi connectivity index (χ1n) is 4.64. The van der Waals surface area contributed by atoms with E-state index in [1.54, 1.807) is 12.1 Å². The van der Waals surface area contributed by atoms with Crippen molar-refractivity contribution in [2.75, 3.05) is 0 Å². The van der Waals surface area contributed by atoms with E-state index in [0.29, 0.717) is 10.6 Å². The molecule has 0 bridgehead atoms. The lowest BCUT2D eigenvalue weighted by Crippen LogP contribution is -1.94. The number of carbonyl (C=O) groups is 1. The van der Waals surface area contributed by atoms with E-state index in [9.17, 15) is 4.79 Å². The number of Topliss-reactive ketones (excluding diaryl/α,β-unsaturated/α-hetero) is 1. The van der Waals surface area contributed by atoms with Crippen LogP contribution in [0.2, 0.25) is 5.02 Å². The summed E-state index contributed by atoms with van der Waals surface area (Å²) in [4.78, 5) is 15.6. The molecule has 0 spiro atoms. The Hall–Kier alpha value is -1.35. The average Bonchev–Trinajstić information content (AvgIpc) is 2.43. The quantitative estimate of drug-likeness (QED) is 0.696. The summed E-state index contributed by atoms with van der Waals surface area (Å²) >= 11 is 6.02. The minimum absolute atomic E-state index is 0.0368. The fraction of sp³-hybridized carbons (Fsp3) is 0.273. The lowest BCUT2D eigenvalue weighted by molar-refractivity contribution is 0.101. The smallest absolute Gasteiger partial charge is 0.161 e. The normalized spacial score (nSPS) is 10.9. The Morgan fingerprint density at radius 3 is 2.73 bits per heavy atom. The van der Waals surface area contributed by atoms with Crippen LogP contribution in [0.15, 0.2) is 12.1 Å². The predicted molar refractivity (Wildman–Crippen MR) is 60.5 cm³/mol. The third-order valence-electron chi connectivity index (χ3n) is 2.57. The van der Waals surface area contributed by atoms with Crippen molar-refractivity contribution in [2.45, 2.75) is 13.8 Å². The monoisotopic (exact) mass is 222 g/mol. The Balaban J connectivity index is 2.82. The van der Waals surface area contributed by atoms with Gasteiger partial charge in [-0.05, 0) is 26.0 Å². The lowest BCUT2D eigenvalue weighted by Gasteiger charge is -2.01. The van der Waals surface area contributed by atoms with Crippen LogP contribution in [0.5, 0.6) is 0 Å². The maximum absolute atomic E-state index is 11.3. The summed E-state index contributed by atoms with van der Waals surface area (Å²) in [7, 11) is 1.93. The van der Waals surface area contributed by atoms with E-state index >= 15 is 0 Å². The molecule has 0 radical (unpaired) electrons. The number of halogens is 1. The first kappa shape index (κ1) is 10.2. The molecule has 15 heavy (non-hydrogen) atoms. The lowest BCUT2D eigenvalue weighted by atomic mass is 10.1. The molecule has 0 N–H and O–H groups in total. The van der Waals surface area contributed by atoms with Gasteiger partial charge in [-0.25, -0.2) is 4.98 Å². The minimum atomic E-state index is -0.0368. The van der Waals surface area contributed by atoms with Crippen LogP contribution >= 0.6 is 11.6 Å². The summed E-state index contributed by atoms with van der Waals surface area (Å²) in [6.45, 7) is 3.42. The van der Waals surface area contributed by atoms with Crippen molar-refractivity contribution in [2.24, 2.45) is 7.05 Å². The van der Waals surface area contributed by atoms with Gasteiger partial charge in [-0.3, -0.25) is 4.79 Å². The molecule has 2 aromatic rings. The van der Waals surface area contributed by atoms with E-state index in [1.807, 2.05) is 18.5 Å². The largest absolute Gasteiger partial charge is 0.331 e. The number of hydrogen-bond donors (Lipinski definition) is 0. The second-order valence-electron chi connectivity index (χ2n) is 3.59. The molecule has 4 heteroatoms. The summed E-state index contributed by atoms with van der Waals surface area (Å²) in [5, 5.41) is 0.484. The number of aryl methyl sites for hydroxylation is 2. The molecule has 3 nitrogen and oxygen atoms in total. The van der Waals surface area contributed by atoms with Gasteiger partial charge < -0.3 is 4.57 Å². The molecule has 1 aromatic carbocycles. The van der Waals surface area contributed by atoms with Crippen LogP contribution in [0.3, 0.4) is 0 Å². The van der Waals surface area contributed by atoms with E-state index in [1.165, 1.54) is 6.92 Å². The molecule has 0 unspecified atom stereocenters. The molecule has 0 aliphatic rings. The van der Waals surface area contributed by atoms with E-state index in [4.69, 9.17) is 11.6 Å². The van der Waals surface area contributed by atoms with Crippen LogP contribution in [-0.2, 0) is 7.05 Å². The van der Waals surface area contributed by atoms with Crippen molar-refractivity contribution in [3.05, 3.63) is 28.5 Å². The van der Waals surface area contributed by atoms with Gasteiger partial charge in [0, 0.05) is 12.6 Å². The number of carbonyl (C=O) groups excluding carboxylic acids is 1. The Kier molecular flexibility index (Phi) is 2.27. The number of ketones is 1. The van der Waals surface area contributed by atoms with Gasteiger partial charge in [0.15, 0.2) is 5.78 Å². The van der Waals surface area contributed by atoms with E-state index in [0.717, 1.165) is 16.9 Å². The van der Waals surface area contributed by atoms with Crippen molar-refractivity contribution in [1.29, 1.82) is 0 Å². The van der Waals surface area contributed by atoms with Crippen molar-refractivity contribution >= 4 is 28.4 Å². The first-order chi connectivity index (χ1) is 7.00. The molecule has 0 aliphatic carbocycles. The van der Waals surface area contributed by atoms with E-state index in [2.05, 4.69) is 4.98 Å². The fourth-order valence-corrected chi connectivity index (χ4v) is 1.89. The molecule has 1 heterocycles. The van der Waals surface area contributed by atoms with Crippen molar-refractivity contribution in [3.63, 3.8) is 0 Å². The third kappa shape index (κ3) is 1.53. The summed E-state index contributed by atoms with van der Waals surface area (Å²) in [6.07, 6.45) is 0. The molecule has 0 amide bonds. The van der Waals surface area contributed by atoms with Gasteiger partial charge in [0.05, 0.1) is 16.1 Å². The Morgan fingerprint density at radius 2 is 2.13 bits per heavy atom. The van der Waals surface area contributed by atoms with E-state index < -0.39 is 0 Å². The van der Waals surface area contributed by atoms with Crippen molar-refractivity contribution < 1.29 is 4.79 Å². The molecule has 0 saturated heterocycles. The molecule has 0 fully saturated rings. The molecular weight excluding hydrogens is 212 g/mol. The van der Waals surface area contributed by atoms with Gasteiger partial charge in [-0.15, -0.1) is 0 Å². The zero-order chi connectivity index (χ0) is 11.2. The van der Waals surface area contributed by atoms with Crippen LogP contribution < -0.4 is 0 Å². The van der Waals surface area contributed by atoms with Crippen molar-refractivity contribution in [3.8, 4) is 0 Å². The second-order valence-corrected chi connectivity index (χ2v) is 4.00. The summed E-state index contributed by atoms with van der Waals surface area (Å²) in [6, 6.07) is 3.53. The molecule has 0 saturated carbocycles. The maximum Gasteiger partial charge on any atom is 0.161 e. The number of benzene rings is 1. The van der Waals surface area contributed by atoms with Crippen LogP contribution in [0.25, 0.3) is 11.0 Å². The van der Waals surface area contributed by atoms with Gasteiger partial charge in [0.1, 0.15) is 5.82 Å². The van der Waals surface area contributed by atoms with Gasteiger partial charge in [-0.1, -0.05) is 11.6 Å². The summed E-state index contributed by atoms with van der Waals surface area (Å²) < 4.78 is 1.95. The van der Waals surface area contributed by atoms with Crippen LogP contribution in [0, 0.1) is 6.92 Å². The minimum Gasteiger partial charge on any atom is -0.331 e. The summed E-state index contributed by atoms with van der Waals surface area (Å²) in [5.74, 6) is 0.868. The first-order valence-corrected chi connectivity index (χ1v) is 5.02. The zero-order valence-electron chi connectivity index (χ0n) is 8.84. The number of fused-ring (bicyclic) bond motifs is 1. The number of aromatic nitrogens is 2. The fourth-order valence-electron chi connectivity index (χ4n) is 1.60. The summed E-state index contributed by atoms with van der Waals surface area (Å²) in [5.41, 5.74) is 2.29. The highest BCUT2D eigenvalue weighted by atomic mass is 35.5. The van der Waals surface area contributed by atoms with Crippen molar-refractivity contribution in [1.82, 2.24) is 9.55 Å². The zero-order valence-corrected chi connectivity index (χ0v) is 9.59. The molecule has 1 aromatic heterocycles. The molecule has 78 valence electrons. The number of imidazole rings is 1. The third-order valence-corrected chi connectivity index (χ3v) is 2.89. The van der Waals surface area contributed by atoms with Gasteiger partial charge in [-0.2, -0.15) is 0 Å². The van der Waals surface area contributed by atoms with Crippen LogP contribution in [-0.4, -0.2) is 15.3 Å². The number of hydrogen-bond acceptors (Lipinski definition) is 2. The SMILES string of the molecule is CC(=O)c1cc2nc(C)n(C)c2cc1Cl. The Morgan fingerprint density at radius 1 is 1.47 bits per heavy atom. The molecule has 2 rings (SSSR count). The van der Waals surface area contributed by atoms with Gasteiger partial charge in [0.25, 0.3) is 0 Å².